The second-order valence-corrected chi connectivity index (χ2v) is 13.0. The summed E-state index contributed by atoms with van der Waals surface area (Å²) in [4.78, 5) is 28.4. The Kier molecular flexibility index (Phi) is 10.3. The molecule has 1 N–H and O–H groups in total. The molecule has 0 fully saturated rings. The summed E-state index contributed by atoms with van der Waals surface area (Å²) in [6, 6.07) is 15.7. The van der Waals surface area contributed by atoms with E-state index in [9.17, 15) is 18.0 Å². The molecule has 0 heterocycles. The van der Waals surface area contributed by atoms with Gasteiger partial charge in [-0.1, -0.05) is 53.0 Å². The van der Waals surface area contributed by atoms with Crippen molar-refractivity contribution in [3.8, 4) is 0 Å². The van der Waals surface area contributed by atoms with E-state index in [-0.39, 0.29) is 23.4 Å². The van der Waals surface area contributed by atoms with Crippen molar-refractivity contribution in [1.29, 1.82) is 0 Å². The molecule has 0 aliphatic heterocycles. The molecule has 0 aliphatic rings. The van der Waals surface area contributed by atoms with Crippen molar-refractivity contribution in [2.24, 2.45) is 0 Å². The molecule has 0 saturated heterocycles. The zero-order chi connectivity index (χ0) is 29.8. The molecule has 10 heteroatoms. The van der Waals surface area contributed by atoms with Crippen LogP contribution in [0.4, 0.5) is 5.69 Å². The number of sulfonamides is 1. The molecule has 0 unspecified atom stereocenters. The molecular formula is C30H35Cl2N3O4S. The Morgan fingerprint density at radius 2 is 1.45 bits per heavy atom. The van der Waals surface area contributed by atoms with Gasteiger partial charge in [-0.15, -0.1) is 0 Å². The van der Waals surface area contributed by atoms with Gasteiger partial charge >= 0.3 is 0 Å². The number of aryl methyl sites for hydroxylation is 3. The van der Waals surface area contributed by atoms with E-state index >= 15 is 0 Å². The first-order valence-electron chi connectivity index (χ1n) is 12.9. The fourth-order valence-electron chi connectivity index (χ4n) is 4.28. The molecule has 40 heavy (non-hydrogen) atoms. The SMILES string of the molecule is Cc1ccc(S(=O)(=O)N(CC(=O)N(Cc2ccc(Cl)cc2Cl)[C@H](C)C(=O)NC(C)C)c2cc(C)cc(C)c2)cc1. The smallest absolute Gasteiger partial charge is 0.264 e. The van der Waals surface area contributed by atoms with Gasteiger partial charge in [0.25, 0.3) is 10.0 Å². The molecule has 3 rings (SSSR count). The number of nitrogens with zero attached hydrogens (tertiary/aromatic N) is 2. The number of hydrogen-bond donors (Lipinski definition) is 1. The van der Waals surface area contributed by atoms with Gasteiger partial charge in [-0.2, -0.15) is 0 Å². The average Bonchev–Trinajstić information content (AvgIpc) is 2.85. The van der Waals surface area contributed by atoms with Crippen LogP contribution in [0.15, 0.2) is 65.6 Å². The molecule has 3 aromatic rings. The predicted molar refractivity (Wildman–Crippen MR) is 161 cm³/mol. The highest BCUT2D eigenvalue weighted by molar-refractivity contribution is 7.92. The first kappa shape index (κ1) is 31.5. The quantitative estimate of drug-likeness (QED) is 0.305. The van der Waals surface area contributed by atoms with Crippen LogP contribution >= 0.6 is 23.2 Å². The number of halogens is 2. The minimum Gasteiger partial charge on any atom is -0.352 e. The molecule has 0 aromatic heterocycles. The number of benzene rings is 3. The Balaban J connectivity index is 2.09. The van der Waals surface area contributed by atoms with Crippen LogP contribution < -0.4 is 9.62 Å². The molecule has 0 spiro atoms. The van der Waals surface area contributed by atoms with Crippen molar-refractivity contribution in [2.45, 2.75) is 65.1 Å². The van der Waals surface area contributed by atoms with Crippen LogP contribution in [0.5, 0.6) is 0 Å². The second-order valence-electron chi connectivity index (χ2n) is 10.3. The molecule has 1 atom stereocenters. The largest absolute Gasteiger partial charge is 0.352 e. The number of carbonyl (C=O) groups excluding carboxylic acids is 2. The average molecular weight is 605 g/mol. The van der Waals surface area contributed by atoms with Crippen LogP contribution in [-0.2, 0) is 26.2 Å². The van der Waals surface area contributed by atoms with Gasteiger partial charge < -0.3 is 10.2 Å². The van der Waals surface area contributed by atoms with Gasteiger partial charge in [0.2, 0.25) is 11.8 Å². The summed E-state index contributed by atoms with van der Waals surface area (Å²) in [5, 5.41) is 3.60. The first-order valence-corrected chi connectivity index (χ1v) is 15.1. The lowest BCUT2D eigenvalue weighted by Crippen LogP contribution is -2.52. The third-order valence-electron chi connectivity index (χ3n) is 6.34. The highest BCUT2D eigenvalue weighted by Crippen LogP contribution is 2.28. The Bertz CT molecular complexity index is 1470. The first-order chi connectivity index (χ1) is 18.7. The summed E-state index contributed by atoms with van der Waals surface area (Å²) < 4.78 is 29.0. The summed E-state index contributed by atoms with van der Waals surface area (Å²) in [6.07, 6.45) is 0. The van der Waals surface area contributed by atoms with Crippen LogP contribution in [0.1, 0.15) is 43.0 Å². The molecule has 214 valence electrons. The molecular weight excluding hydrogens is 569 g/mol. The molecule has 0 radical (unpaired) electrons. The number of anilines is 1. The minimum absolute atomic E-state index is 0.0210. The van der Waals surface area contributed by atoms with Crippen LogP contribution in [-0.4, -0.2) is 43.8 Å². The lowest BCUT2D eigenvalue weighted by atomic mass is 10.1. The summed E-state index contributed by atoms with van der Waals surface area (Å²) in [6.45, 7) is 10.3. The predicted octanol–water partition coefficient (Wildman–Crippen LogP) is 6.06. The Labute approximate surface area is 247 Å². The number of amides is 2. The summed E-state index contributed by atoms with van der Waals surface area (Å²) >= 11 is 12.5. The van der Waals surface area contributed by atoms with E-state index in [1.165, 1.54) is 17.0 Å². The molecule has 0 aliphatic carbocycles. The topological polar surface area (TPSA) is 86.8 Å². The van der Waals surface area contributed by atoms with E-state index < -0.39 is 28.5 Å². The third kappa shape index (κ3) is 7.77. The fraction of sp³-hybridized carbons (Fsp3) is 0.333. The van der Waals surface area contributed by atoms with Gasteiger partial charge in [0.15, 0.2) is 0 Å². The second kappa shape index (κ2) is 13.1. The maximum absolute atomic E-state index is 14.0. The van der Waals surface area contributed by atoms with Gasteiger partial charge in [0.05, 0.1) is 10.6 Å². The van der Waals surface area contributed by atoms with Crippen LogP contribution in [0.3, 0.4) is 0 Å². The summed E-state index contributed by atoms with van der Waals surface area (Å²) in [5.74, 6) is -0.931. The number of nitrogens with one attached hydrogen (secondary N) is 1. The molecule has 0 bridgehead atoms. The zero-order valence-electron chi connectivity index (χ0n) is 23.5. The Hall–Kier alpha value is -3.07. The van der Waals surface area contributed by atoms with Crippen molar-refractivity contribution in [3.63, 3.8) is 0 Å². The van der Waals surface area contributed by atoms with Gasteiger partial charge in [-0.3, -0.25) is 13.9 Å². The maximum Gasteiger partial charge on any atom is 0.264 e. The standard InChI is InChI=1S/C30H35Cl2N3O4S/c1-19(2)33-30(37)23(6)34(17-24-9-10-25(31)16-28(24)32)29(36)18-35(26-14-21(4)13-22(5)15-26)40(38,39)27-11-7-20(3)8-12-27/h7-16,19,23H,17-18H2,1-6H3,(H,33,37)/t23-/m1/s1. The fourth-order valence-corrected chi connectivity index (χ4v) is 6.15. The van der Waals surface area contributed by atoms with Crippen LogP contribution in [0, 0.1) is 20.8 Å². The summed E-state index contributed by atoms with van der Waals surface area (Å²) in [7, 11) is -4.14. The zero-order valence-corrected chi connectivity index (χ0v) is 25.9. The monoisotopic (exact) mass is 603 g/mol. The van der Waals surface area contributed by atoms with Crippen LogP contribution in [0.2, 0.25) is 10.0 Å². The van der Waals surface area contributed by atoms with Crippen molar-refractivity contribution < 1.29 is 18.0 Å². The number of carbonyl (C=O) groups is 2. The van der Waals surface area contributed by atoms with E-state index in [0.29, 0.717) is 21.3 Å². The Morgan fingerprint density at radius 3 is 2.00 bits per heavy atom. The lowest BCUT2D eigenvalue weighted by Gasteiger charge is -2.32. The molecule has 2 amide bonds. The molecule has 0 saturated carbocycles. The van der Waals surface area contributed by atoms with Gasteiger partial charge in [-0.05, 0) is 94.6 Å². The van der Waals surface area contributed by atoms with E-state index in [1.807, 2.05) is 40.7 Å². The summed E-state index contributed by atoms with van der Waals surface area (Å²) in [5.41, 5.74) is 3.53. The van der Waals surface area contributed by atoms with Gasteiger partial charge in [0.1, 0.15) is 12.6 Å². The minimum atomic E-state index is -4.14. The highest BCUT2D eigenvalue weighted by atomic mass is 35.5. The molecule has 7 nitrogen and oxygen atoms in total. The van der Waals surface area contributed by atoms with E-state index in [1.54, 1.807) is 49.4 Å². The van der Waals surface area contributed by atoms with E-state index in [2.05, 4.69) is 5.32 Å². The molecule has 3 aromatic carbocycles. The number of hydrogen-bond acceptors (Lipinski definition) is 4. The van der Waals surface area contributed by atoms with Crippen LogP contribution in [0.25, 0.3) is 0 Å². The highest BCUT2D eigenvalue weighted by Gasteiger charge is 2.33. The maximum atomic E-state index is 14.0. The van der Waals surface area contributed by atoms with Crippen molar-refractivity contribution in [1.82, 2.24) is 10.2 Å². The van der Waals surface area contributed by atoms with Gasteiger partial charge in [-0.25, -0.2) is 8.42 Å². The van der Waals surface area contributed by atoms with Gasteiger partial charge in [0, 0.05) is 22.6 Å². The van der Waals surface area contributed by atoms with Crippen molar-refractivity contribution in [2.75, 3.05) is 10.8 Å². The Morgan fingerprint density at radius 1 is 0.850 bits per heavy atom. The van der Waals surface area contributed by atoms with E-state index in [4.69, 9.17) is 23.2 Å². The van der Waals surface area contributed by atoms with Crippen molar-refractivity contribution >= 4 is 50.7 Å². The third-order valence-corrected chi connectivity index (χ3v) is 8.71. The lowest BCUT2D eigenvalue weighted by molar-refractivity contribution is -0.139. The number of rotatable bonds is 10. The van der Waals surface area contributed by atoms with E-state index in [0.717, 1.165) is 21.0 Å². The van der Waals surface area contributed by atoms with Crippen molar-refractivity contribution in [3.05, 3.63) is 93.0 Å². The normalized spacial score (nSPS) is 12.2.